The van der Waals surface area contributed by atoms with Gasteiger partial charge in [0, 0.05) is 18.3 Å². The SMILES string of the molecule is Cc1cc(C)n(-c2ccc(C(=O)OCCCOc3ccc(F)cc3)cn2)n1. The fraction of sp³-hybridized carbons (Fsp3) is 0.250. The molecule has 7 heteroatoms. The Hall–Kier alpha value is -3.22. The third-order valence-corrected chi connectivity index (χ3v) is 3.81. The van der Waals surface area contributed by atoms with Gasteiger partial charge in [-0.1, -0.05) is 0 Å². The van der Waals surface area contributed by atoms with Gasteiger partial charge in [0.2, 0.25) is 0 Å². The standard InChI is InChI=1S/C20H20FN3O3/c1-14-12-15(2)24(23-14)19-9-4-16(13-22-19)20(25)27-11-3-10-26-18-7-5-17(21)6-8-18/h4-9,12-13H,3,10-11H2,1-2H3. The number of pyridine rings is 1. The zero-order valence-corrected chi connectivity index (χ0v) is 15.2. The summed E-state index contributed by atoms with van der Waals surface area (Å²) in [6.45, 7) is 4.44. The minimum absolute atomic E-state index is 0.221. The molecule has 0 unspecified atom stereocenters. The maximum absolute atomic E-state index is 12.8. The van der Waals surface area contributed by atoms with Crippen molar-refractivity contribution in [1.82, 2.24) is 14.8 Å². The lowest BCUT2D eigenvalue weighted by molar-refractivity contribution is 0.0485. The molecule has 27 heavy (non-hydrogen) atoms. The molecule has 0 saturated carbocycles. The second kappa shape index (κ2) is 8.44. The van der Waals surface area contributed by atoms with Crippen LogP contribution in [0.25, 0.3) is 5.82 Å². The van der Waals surface area contributed by atoms with Crippen LogP contribution in [0.3, 0.4) is 0 Å². The zero-order valence-electron chi connectivity index (χ0n) is 15.2. The summed E-state index contributed by atoms with van der Waals surface area (Å²) < 4.78 is 25.2. The summed E-state index contributed by atoms with van der Waals surface area (Å²) in [5.41, 5.74) is 2.25. The van der Waals surface area contributed by atoms with Gasteiger partial charge >= 0.3 is 5.97 Å². The summed E-state index contributed by atoms with van der Waals surface area (Å²) >= 11 is 0. The Morgan fingerprint density at radius 2 is 1.89 bits per heavy atom. The topological polar surface area (TPSA) is 66.2 Å². The fourth-order valence-electron chi connectivity index (χ4n) is 2.52. The number of ether oxygens (including phenoxy) is 2. The van der Waals surface area contributed by atoms with Crippen molar-refractivity contribution in [3.05, 3.63) is 71.4 Å². The average molecular weight is 369 g/mol. The van der Waals surface area contributed by atoms with Crippen LogP contribution in [0.15, 0.2) is 48.7 Å². The lowest BCUT2D eigenvalue weighted by Crippen LogP contribution is -2.10. The van der Waals surface area contributed by atoms with Crippen molar-refractivity contribution >= 4 is 5.97 Å². The van der Waals surface area contributed by atoms with E-state index in [1.54, 1.807) is 28.9 Å². The molecule has 6 nitrogen and oxygen atoms in total. The van der Waals surface area contributed by atoms with E-state index in [1.807, 2.05) is 19.9 Å². The Morgan fingerprint density at radius 1 is 1.11 bits per heavy atom. The van der Waals surface area contributed by atoms with Crippen molar-refractivity contribution in [3.63, 3.8) is 0 Å². The van der Waals surface area contributed by atoms with Gasteiger partial charge in [0.1, 0.15) is 11.6 Å². The monoisotopic (exact) mass is 369 g/mol. The Balaban J connectivity index is 1.45. The number of rotatable bonds is 7. The van der Waals surface area contributed by atoms with Gasteiger partial charge in [0.05, 0.1) is 24.5 Å². The third kappa shape index (κ3) is 4.91. The molecule has 0 saturated heterocycles. The molecule has 1 aromatic carbocycles. The first-order chi connectivity index (χ1) is 13.0. The number of aryl methyl sites for hydroxylation is 2. The number of nitrogens with zero attached hydrogens (tertiary/aromatic N) is 3. The van der Waals surface area contributed by atoms with Crippen LogP contribution in [0.2, 0.25) is 0 Å². The van der Waals surface area contributed by atoms with E-state index in [2.05, 4.69) is 10.1 Å². The number of aromatic nitrogens is 3. The molecular formula is C20H20FN3O3. The predicted molar refractivity (Wildman–Crippen MR) is 97.6 cm³/mol. The Morgan fingerprint density at radius 3 is 2.52 bits per heavy atom. The lowest BCUT2D eigenvalue weighted by atomic mass is 10.3. The second-order valence-electron chi connectivity index (χ2n) is 6.04. The van der Waals surface area contributed by atoms with Crippen molar-refractivity contribution in [1.29, 1.82) is 0 Å². The zero-order chi connectivity index (χ0) is 19.2. The van der Waals surface area contributed by atoms with E-state index >= 15 is 0 Å². The molecule has 0 spiro atoms. The van der Waals surface area contributed by atoms with Crippen LogP contribution in [-0.2, 0) is 4.74 Å². The van der Waals surface area contributed by atoms with Gasteiger partial charge in [-0.3, -0.25) is 0 Å². The molecule has 0 bridgehead atoms. The number of halogens is 1. The molecule has 140 valence electrons. The molecule has 0 amide bonds. The van der Waals surface area contributed by atoms with Crippen LogP contribution in [-0.4, -0.2) is 33.9 Å². The van der Waals surface area contributed by atoms with Gasteiger partial charge in [-0.2, -0.15) is 5.10 Å². The quantitative estimate of drug-likeness (QED) is 0.470. The van der Waals surface area contributed by atoms with Gasteiger partial charge in [-0.15, -0.1) is 0 Å². The van der Waals surface area contributed by atoms with E-state index in [9.17, 15) is 9.18 Å². The summed E-state index contributed by atoms with van der Waals surface area (Å²) in [7, 11) is 0. The van der Waals surface area contributed by atoms with E-state index < -0.39 is 5.97 Å². The van der Waals surface area contributed by atoms with Gasteiger partial charge in [0.15, 0.2) is 5.82 Å². The molecule has 0 radical (unpaired) electrons. The highest BCUT2D eigenvalue weighted by Gasteiger charge is 2.10. The number of carbonyl (C=O) groups is 1. The first-order valence-electron chi connectivity index (χ1n) is 8.58. The molecular weight excluding hydrogens is 349 g/mol. The molecule has 0 aliphatic carbocycles. The van der Waals surface area contributed by atoms with Gasteiger partial charge in [-0.05, 0) is 56.3 Å². The molecule has 3 rings (SSSR count). The number of esters is 1. The summed E-state index contributed by atoms with van der Waals surface area (Å²) in [6.07, 6.45) is 2.00. The van der Waals surface area contributed by atoms with Crippen molar-refractivity contribution in [2.45, 2.75) is 20.3 Å². The molecule has 0 aliphatic rings. The Labute approximate surface area is 156 Å². The number of benzene rings is 1. The van der Waals surface area contributed by atoms with E-state index in [-0.39, 0.29) is 12.4 Å². The molecule has 2 aromatic heterocycles. The van der Waals surface area contributed by atoms with E-state index in [4.69, 9.17) is 9.47 Å². The highest BCUT2D eigenvalue weighted by atomic mass is 19.1. The first kappa shape index (κ1) is 18.6. The minimum Gasteiger partial charge on any atom is -0.493 e. The maximum Gasteiger partial charge on any atom is 0.339 e. The van der Waals surface area contributed by atoms with E-state index in [0.29, 0.717) is 30.2 Å². The van der Waals surface area contributed by atoms with E-state index in [1.165, 1.54) is 18.3 Å². The predicted octanol–water partition coefficient (Wildman–Crippen LogP) is 3.65. The highest BCUT2D eigenvalue weighted by molar-refractivity contribution is 5.89. The van der Waals surface area contributed by atoms with Crippen LogP contribution in [0.4, 0.5) is 4.39 Å². The summed E-state index contributed by atoms with van der Waals surface area (Å²) in [5.74, 6) is 0.467. The number of hydrogen-bond donors (Lipinski definition) is 0. The van der Waals surface area contributed by atoms with Crippen LogP contribution in [0.5, 0.6) is 5.75 Å². The van der Waals surface area contributed by atoms with Crippen molar-refractivity contribution in [3.8, 4) is 11.6 Å². The maximum atomic E-state index is 12.8. The van der Waals surface area contributed by atoms with Crippen molar-refractivity contribution < 1.29 is 18.7 Å². The largest absolute Gasteiger partial charge is 0.493 e. The average Bonchev–Trinajstić information content (AvgIpc) is 3.01. The molecule has 0 fully saturated rings. The van der Waals surface area contributed by atoms with Crippen LogP contribution < -0.4 is 4.74 Å². The first-order valence-corrected chi connectivity index (χ1v) is 8.58. The van der Waals surface area contributed by atoms with Crippen molar-refractivity contribution in [2.75, 3.05) is 13.2 Å². The summed E-state index contributed by atoms with van der Waals surface area (Å²) in [4.78, 5) is 16.3. The number of hydrogen-bond acceptors (Lipinski definition) is 5. The lowest BCUT2D eigenvalue weighted by Gasteiger charge is -2.08. The molecule has 0 aliphatic heterocycles. The molecule has 3 aromatic rings. The highest BCUT2D eigenvalue weighted by Crippen LogP contribution is 2.12. The smallest absolute Gasteiger partial charge is 0.339 e. The minimum atomic E-state index is -0.441. The molecule has 0 atom stereocenters. The number of carbonyl (C=O) groups excluding carboxylic acids is 1. The Kier molecular flexibility index (Phi) is 5.80. The Bertz CT molecular complexity index is 905. The third-order valence-electron chi connectivity index (χ3n) is 3.81. The van der Waals surface area contributed by atoms with Crippen molar-refractivity contribution in [2.24, 2.45) is 0 Å². The normalized spacial score (nSPS) is 10.6. The van der Waals surface area contributed by atoms with Crippen LogP contribution in [0.1, 0.15) is 28.2 Å². The van der Waals surface area contributed by atoms with Gasteiger partial charge in [0.25, 0.3) is 0 Å². The van der Waals surface area contributed by atoms with Gasteiger partial charge < -0.3 is 9.47 Å². The van der Waals surface area contributed by atoms with Gasteiger partial charge in [-0.25, -0.2) is 18.9 Å². The summed E-state index contributed by atoms with van der Waals surface area (Å²) in [6, 6.07) is 11.1. The summed E-state index contributed by atoms with van der Waals surface area (Å²) in [5, 5.41) is 4.36. The van der Waals surface area contributed by atoms with E-state index in [0.717, 1.165) is 11.4 Å². The second-order valence-corrected chi connectivity index (χ2v) is 6.04. The van der Waals surface area contributed by atoms with Crippen LogP contribution >= 0.6 is 0 Å². The molecule has 2 heterocycles. The molecule has 0 N–H and O–H groups in total. The van der Waals surface area contributed by atoms with Crippen LogP contribution in [0, 0.1) is 19.7 Å². The fourth-order valence-corrected chi connectivity index (χ4v) is 2.52.